The Morgan fingerprint density at radius 1 is 0.947 bits per heavy atom. The van der Waals surface area contributed by atoms with E-state index in [-0.39, 0.29) is 5.69 Å². The minimum absolute atomic E-state index is 0.0427. The molecule has 1 aromatic heterocycles. The van der Waals surface area contributed by atoms with E-state index in [1.807, 2.05) is 12.1 Å². The molecule has 0 bridgehead atoms. The van der Waals surface area contributed by atoms with E-state index >= 15 is 0 Å². The van der Waals surface area contributed by atoms with Crippen molar-refractivity contribution in [3.05, 3.63) is 107 Å². The summed E-state index contributed by atoms with van der Waals surface area (Å²) in [6, 6.07) is 20.9. The lowest BCUT2D eigenvalue weighted by atomic mass is 9.94. The first-order chi connectivity index (χ1) is 18.1. The highest BCUT2D eigenvalue weighted by Gasteiger charge is 2.71. The van der Waals surface area contributed by atoms with E-state index in [4.69, 9.17) is 4.74 Å². The number of thiol groups is 1. The topological polar surface area (TPSA) is 128 Å². The summed E-state index contributed by atoms with van der Waals surface area (Å²) in [5.74, 6) is -1.76. The normalized spacial score (nSPS) is 22.6. The van der Waals surface area contributed by atoms with E-state index in [2.05, 4.69) is 4.98 Å². The van der Waals surface area contributed by atoms with Crippen LogP contribution < -0.4 is 0 Å². The molecule has 5 rings (SSSR count). The number of nitrogens with zero attached hydrogens (tertiary/aromatic N) is 2. The Morgan fingerprint density at radius 2 is 1.50 bits per heavy atom. The van der Waals surface area contributed by atoms with Crippen LogP contribution in [0.1, 0.15) is 36.8 Å². The molecule has 2 atom stereocenters. The maximum Gasteiger partial charge on any atom is 0.331 e. The molecule has 2 aliphatic heterocycles. The number of β-lactam (4-membered cyclic amide) rings is 1. The number of ether oxygens (including phenoxy) is 1. The summed E-state index contributed by atoms with van der Waals surface area (Å²) < 4.78 is 55.9. The van der Waals surface area contributed by atoms with E-state index in [0.29, 0.717) is 11.1 Å². The number of rotatable bonds is 6. The lowest BCUT2D eigenvalue weighted by molar-refractivity contribution is -0.160. The van der Waals surface area contributed by atoms with E-state index in [1.165, 1.54) is 32.2 Å². The fraction of sp³-hybridized carbons (Fsp3) is 0.222. The second kappa shape index (κ2) is 9.48. The maximum absolute atomic E-state index is 13.7. The molecule has 3 aromatic rings. The van der Waals surface area contributed by atoms with Gasteiger partial charge in [-0.25, -0.2) is 21.6 Å². The molecule has 196 valence electrons. The Morgan fingerprint density at radius 3 is 2.00 bits per heavy atom. The van der Waals surface area contributed by atoms with Gasteiger partial charge in [0.1, 0.15) is 9.65 Å². The number of carbonyl (C=O) groups is 2. The number of hydrogen-bond donors (Lipinski definition) is 1. The Hall–Kier alpha value is -3.83. The first-order valence-electron chi connectivity index (χ1n) is 11.7. The van der Waals surface area contributed by atoms with Gasteiger partial charge >= 0.3 is 5.97 Å². The van der Waals surface area contributed by atoms with Crippen LogP contribution in [0, 0.1) is 0 Å². The van der Waals surface area contributed by atoms with Gasteiger partial charge in [-0.3, -0.25) is 9.78 Å². The van der Waals surface area contributed by atoms with Gasteiger partial charge in [-0.15, -0.1) is 0 Å². The number of carbonyl (C=O) groups excluding carboxylic acids is 2. The van der Waals surface area contributed by atoms with Crippen LogP contribution in [0.5, 0.6) is 0 Å². The van der Waals surface area contributed by atoms with Crippen molar-refractivity contribution in [3.63, 3.8) is 0 Å². The van der Waals surface area contributed by atoms with Crippen LogP contribution in [-0.4, -0.2) is 54.8 Å². The van der Waals surface area contributed by atoms with E-state index in [9.17, 15) is 26.4 Å². The molecule has 0 spiro atoms. The van der Waals surface area contributed by atoms with E-state index < -0.39 is 65.2 Å². The number of amides is 1. The molecule has 0 radical (unpaired) electrons. The quantitative estimate of drug-likeness (QED) is 0.214. The number of sulfone groups is 1. The second-order valence-electron chi connectivity index (χ2n) is 9.49. The summed E-state index contributed by atoms with van der Waals surface area (Å²) in [7, 11) is -7.61. The van der Waals surface area contributed by atoms with Gasteiger partial charge in [0.2, 0.25) is 0 Å². The summed E-state index contributed by atoms with van der Waals surface area (Å²) in [6.07, 6.45) is 0.491. The third-order valence-corrected chi connectivity index (χ3v) is 10.5. The molecule has 38 heavy (non-hydrogen) atoms. The van der Waals surface area contributed by atoms with Crippen LogP contribution >= 0.6 is 0 Å². The van der Waals surface area contributed by atoms with Gasteiger partial charge in [-0.05, 0) is 37.1 Å². The first kappa shape index (κ1) is 25.8. The highest BCUT2D eigenvalue weighted by molar-refractivity contribution is 7.94. The van der Waals surface area contributed by atoms with Gasteiger partial charge in [-0.2, -0.15) is 0 Å². The Bertz CT molecular complexity index is 1570. The Kier molecular flexibility index (Phi) is 6.44. The van der Waals surface area contributed by atoms with Crippen molar-refractivity contribution < 1.29 is 31.2 Å². The third-order valence-electron chi connectivity index (χ3n) is 6.94. The highest BCUT2D eigenvalue weighted by Crippen LogP contribution is 2.51. The van der Waals surface area contributed by atoms with E-state index in [1.54, 1.807) is 54.6 Å². The van der Waals surface area contributed by atoms with Crippen molar-refractivity contribution >= 4 is 37.3 Å². The molecule has 3 heterocycles. The van der Waals surface area contributed by atoms with Crippen molar-refractivity contribution in [2.24, 2.45) is 0 Å². The minimum atomic E-state index is -4.24. The van der Waals surface area contributed by atoms with Crippen LogP contribution in [-0.2, 0) is 34.9 Å². The molecule has 1 amide bonds. The number of benzene rings is 2. The lowest BCUT2D eigenvalue weighted by Crippen LogP contribution is -2.59. The van der Waals surface area contributed by atoms with Gasteiger partial charge in [0.15, 0.2) is 38.1 Å². The summed E-state index contributed by atoms with van der Waals surface area (Å²) in [5, 5.41) is -1.61. The zero-order valence-electron chi connectivity index (χ0n) is 20.4. The molecule has 2 aromatic carbocycles. The Labute approximate surface area is 221 Å². The Balaban J connectivity index is 1.57. The van der Waals surface area contributed by atoms with Crippen LogP contribution in [0.3, 0.4) is 0 Å². The molecule has 2 fully saturated rings. The summed E-state index contributed by atoms with van der Waals surface area (Å²) in [5.41, 5.74) is 0.877. The number of esters is 1. The largest absolute Gasteiger partial charge is 0.451 e. The van der Waals surface area contributed by atoms with Crippen molar-refractivity contribution in [1.82, 2.24) is 9.88 Å². The number of pyridine rings is 1. The average Bonchev–Trinajstić information content (AvgIpc) is 3.05. The summed E-state index contributed by atoms with van der Waals surface area (Å²) in [6.45, 7) is 2.68. The highest BCUT2D eigenvalue weighted by atomic mass is 32.2. The SMILES string of the molecule is CC1(C)[C@H](C(=O)OC(c2ccccc2)c2ccccc2)N2C(=O)/C(=C(/c3ccccn3)[SH](=O)=O)C2S1(=O)=O. The maximum atomic E-state index is 13.7. The molecule has 0 aliphatic carbocycles. The monoisotopic (exact) mass is 552 g/mol. The molecule has 2 saturated heterocycles. The zero-order chi connectivity index (χ0) is 27.2. The first-order valence-corrected chi connectivity index (χ1v) is 14.5. The second-order valence-corrected chi connectivity index (χ2v) is 13.0. The third kappa shape index (κ3) is 3.93. The van der Waals surface area contributed by atoms with Crippen LogP contribution in [0.15, 0.2) is 90.6 Å². The van der Waals surface area contributed by atoms with Crippen molar-refractivity contribution in [2.45, 2.75) is 36.1 Å². The average molecular weight is 553 g/mol. The van der Waals surface area contributed by atoms with Gasteiger partial charge < -0.3 is 9.64 Å². The van der Waals surface area contributed by atoms with Gasteiger partial charge in [0.05, 0.1) is 11.3 Å². The molecule has 11 heteroatoms. The van der Waals surface area contributed by atoms with Crippen molar-refractivity contribution in [3.8, 4) is 0 Å². The fourth-order valence-electron chi connectivity index (χ4n) is 4.97. The zero-order valence-corrected chi connectivity index (χ0v) is 22.1. The molecule has 1 unspecified atom stereocenters. The fourth-order valence-corrected chi connectivity index (χ4v) is 7.94. The molecular formula is C27H24N2O7S2. The smallest absolute Gasteiger partial charge is 0.331 e. The van der Waals surface area contributed by atoms with Crippen LogP contribution in [0.4, 0.5) is 0 Å². The standard InChI is InChI=1S/C27H24N2O7S2/c1-27(2)23(26(31)36-21(17-11-5-3-6-12-17)18-13-7-4-8-14-18)29-24(30)20(25(29)38(27,34)35)22(37(32)33)19-15-9-10-16-28-19/h3-16,21,23,25,37H,1-2H3/b22-20+/t23-,25?/m0/s1. The number of fused-ring (bicyclic) bond motifs is 1. The lowest BCUT2D eigenvalue weighted by Gasteiger charge is -2.39. The number of aromatic nitrogens is 1. The molecular weight excluding hydrogens is 528 g/mol. The van der Waals surface area contributed by atoms with E-state index in [0.717, 1.165) is 4.90 Å². The predicted octanol–water partition coefficient (Wildman–Crippen LogP) is 2.48. The van der Waals surface area contributed by atoms with Crippen molar-refractivity contribution in [2.75, 3.05) is 0 Å². The summed E-state index contributed by atoms with van der Waals surface area (Å²) >= 11 is 0. The van der Waals surface area contributed by atoms with Crippen LogP contribution in [0.25, 0.3) is 4.91 Å². The molecule has 2 aliphatic rings. The molecule has 0 N–H and O–H groups in total. The number of hydrogen-bond acceptors (Lipinski definition) is 8. The van der Waals surface area contributed by atoms with Crippen LogP contribution in [0.2, 0.25) is 0 Å². The summed E-state index contributed by atoms with van der Waals surface area (Å²) in [4.78, 5) is 31.5. The van der Waals surface area contributed by atoms with Gasteiger partial charge in [0.25, 0.3) is 5.91 Å². The molecule has 0 saturated carbocycles. The van der Waals surface area contributed by atoms with Gasteiger partial charge in [-0.1, -0.05) is 66.7 Å². The molecule has 9 nitrogen and oxygen atoms in total. The predicted molar refractivity (Wildman–Crippen MR) is 140 cm³/mol. The van der Waals surface area contributed by atoms with Crippen molar-refractivity contribution in [1.29, 1.82) is 0 Å². The van der Waals surface area contributed by atoms with Gasteiger partial charge in [0, 0.05) is 6.20 Å². The minimum Gasteiger partial charge on any atom is -0.451 e.